The van der Waals surface area contributed by atoms with Crippen molar-refractivity contribution in [1.29, 1.82) is 0 Å². The van der Waals surface area contributed by atoms with Gasteiger partial charge in [0.2, 0.25) is 11.7 Å². The molecule has 0 saturated heterocycles. The summed E-state index contributed by atoms with van der Waals surface area (Å²) in [6.07, 6.45) is 1.30. The van der Waals surface area contributed by atoms with Gasteiger partial charge >= 0.3 is 0 Å². The van der Waals surface area contributed by atoms with E-state index in [1.807, 2.05) is 48.5 Å². The number of ether oxygens (including phenoxy) is 3. The molecule has 3 aromatic rings. The average molecular weight is 492 g/mol. The first kappa shape index (κ1) is 24.7. The fraction of sp³-hybridized carbons (Fsp3) is 0.286. The predicted molar refractivity (Wildman–Crippen MR) is 139 cm³/mol. The molecule has 3 aromatic carbocycles. The van der Waals surface area contributed by atoms with Crippen LogP contribution in [0.4, 0.5) is 0 Å². The molecule has 182 valence electrons. The van der Waals surface area contributed by atoms with Gasteiger partial charge < -0.3 is 19.5 Å². The van der Waals surface area contributed by atoms with Gasteiger partial charge in [0.1, 0.15) is 0 Å². The number of benzene rings is 2. The second-order valence-electron chi connectivity index (χ2n) is 8.32. The Balaban J connectivity index is 1.91. The lowest BCUT2D eigenvalue weighted by molar-refractivity contribution is -0.119. The molecular weight excluding hydrogens is 462 g/mol. The van der Waals surface area contributed by atoms with Crippen molar-refractivity contribution in [3.05, 3.63) is 81.5 Å². The molecule has 0 spiro atoms. The molecule has 35 heavy (non-hydrogen) atoms. The molecule has 1 amide bonds. The van der Waals surface area contributed by atoms with E-state index in [0.717, 1.165) is 27.8 Å². The van der Waals surface area contributed by atoms with Crippen LogP contribution in [0.25, 0.3) is 11.1 Å². The minimum absolute atomic E-state index is 0.0783. The number of thioether (sulfide) groups is 1. The predicted octanol–water partition coefficient (Wildman–Crippen LogP) is 5.16. The van der Waals surface area contributed by atoms with Crippen molar-refractivity contribution in [2.24, 2.45) is 0 Å². The van der Waals surface area contributed by atoms with Gasteiger partial charge in [-0.2, -0.15) is 0 Å². The molecule has 1 aliphatic rings. The summed E-state index contributed by atoms with van der Waals surface area (Å²) in [5, 5.41) is 3.04. The van der Waals surface area contributed by atoms with E-state index in [1.165, 1.54) is 18.7 Å². The second-order valence-corrected chi connectivity index (χ2v) is 9.34. The molecule has 0 aromatic heterocycles. The molecule has 0 saturated carbocycles. The number of nitrogens with one attached hydrogen (secondary N) is 1. The van der Waals surface area contributed by atoms with E-state index in [1.54, 1.807) is 27.4 Å². The Morgan fingerprint density at radius 3 is 2.40 bits per heavy atom. The highest BCUT2D eigenvalue weighted by atomic mass is 32.2. The number of hydrogen-bond acceptors (Lipinski definition) is 6. The molecule has 0 heterocycles. The first-order valence-electron chi connectivity index (χ1n) is 11.4. The van der Waals surface area contributed by atoms with Gasteiger partial charge in [0.25, 0.3) is 0 Å². The van der Waals surface area contributed by atoms with E-state index < -0.39 is 0 Å². The third-order valence-corrected chi connectivity index (χ3v) is 7.24. The van der Waals surface area contributed by atoms with Crippen molar-refractivity contribution in [3.8, 4) is 28.4 Å². The third-order valence-electron chi connectivity index (χ3n) is 6.12. The van der Waals surface area contributed by atoms with Crippen LogP contribution in [0.2, 0.25) is 0 Å². The van der Waals surface area contributed by atoms with Crippen molar-refractivity contribution < 1.29 is 19.0 Å². The zero-order valence-electron chi connectivity index (χ0n) is 20.3. The number of fused-ring (bicyclic) bond motifs is 3. The largest absolute Gasteiger partial charge is 0.493 e. The summed E-state index contributed by atoms with van der Waals surface area (Å²) >= 11 is 1.50. The van der Waals surface area contributed by atoms with E-state index in [2.05, 4.69) is 5.32 Å². The Hall–Kier alpha value is -3.45. The van der Waals surface area contributed by atoms with Gasteiger partial charge in [-0.05, 0) is 53.3 Å². The lowest BCUT2D eigenvalue weighted by Crippen LogP contribution is -2.26. The maximum absolute atomic E-state index is 13.3. The van der Waals surface area contributed by atoms with Crippen molar-refractivity contribution >= 4 is 17.7 Å². The van der Waals surface area contributed by atoms with E-state index in [-0.39, 0.29) is 17.4 Å². The Kier molecular flexibility index (Phi) is 7.66. The Morgan fingerprint density at radius 1 is 1.00 bits per heavy atom. The number of carbonyl (C=O) groups excluding carboxylic acids is 1. The summed E-state index contributed by atoms with van der Waals surface area (Å²) in [7, 11) is 4.76. The van der Waals surface area contributed by atoms with E-state index >= 15 is 0 Å². The quantitative estimate of drug-likeness (QED) is 0.461. The monoisotopic (exact) mass is 491 g/mol. The summed E-state index contributed by atoms with van der Waals surface area (Å²) in [6.45, 7) is 1.49. The van der Waals surface area contributed by atoms with Crippen LogP contribution >= 0.6 is 11.8 Å². The van der Waals surface area contributed by atoms with Crippen LogP contribution in [0.3, 0.4) is 0 Å². The van der Waals surface area contributed by atoms with Crippen LogP contribution < -0.4 is 25.0 Å². The molecule has 6 nitrogen and oxygen atoms in total. The van der Waals surface area contributed by atoms with Crippen LogP contribution in [-0.2, 0) is 17.0 Å². The van der Waals surface area contributed by atoms with Crippen LogP contribution in [0.15, 0.2) is 64.3 Å². The van der Waals surface area contributed by atoms with Crippen molar-refractivity contribution in [2.45, 2.75) is 36.5 Å². The number of aryl methyl sites for hydroxylation is 1. The number of methoxy groups -OCH3 is 3. The number of rotatable bonds is 7. The Bertz CT molecular complexity index is 1290. The van der Waals surface area contributed by atoms with Crippen LogP contribution in [0, 0.1) is 0 Å². The fourth-order valence-electron chi connectivity index (χ4n) is 4.55. The smallest absolute Gasteiger partial charge is 0.217 e. The highest BCUT2D eigenvalue weighted by Crippen LogP contribution is 2.50. The van der Waals surface area contributed by atoms with Crippen molar-refractivity contribution in [3.63, 3.8) is 0 Å². The summed E-state index contributed by atoms with van der Waals surface area (Å²) in [4.78, 5) is 26.0. The molecule has 4 rings (SSSR count). The topological polar surface area (TPSA) is 73.9 Å². The molecule has 0 unspecified atom stereocenters. The molecule has 0 radical (unpaired) electrons. The van der Waals surface area contributed by atoms with Gasteiger partial charge in [-0.1, -0.05) is 36.4 Å². The van der Waals surface area contributed by atoms with Crippen molar-refractivity contribution in [2.75, 3.05) is 21.3 Å². The van der Waals surface area contributed by atoms with E-state index in [9.17, 15) is 9.59 Å². The van der Waals surface area contributed by atoms with Crippen LogP contribution in [0.5, 0.6) is 17.2 Å². The molecule has 0 bridgehead atoms. The minimum Gasteiger partial charge on any atom is -0.493 e. The number of amides is 1. The maximum atomic E-state index is 13.3. The van der Waals surface area contributed by atoms with Gasteiger partial charge in [0.05, 0.1) is 32.3 Å². The van der Waals surface area contributed by atoms with E-state index in [4.69, 9.17) is 14.2 Å². The Morgan fingerprint density at radius 2 is 1.74 bits per heavy atom. The first-order chi connectivity index (χ1) is 17.0. The fourth-order valence-corrected chi connectivity index (χ4v) is 5.43. The summed E-state index contributed by atoms with van der Waals surface area (Å²) in [5.41, 5.74) is 4.52. The van der Waals surface area contributed by atoms with Gasteiger partial charge in [-0.15, -0.1) is 11.8 Å². The maximum Gasteiger partial charge on any atom is 0.217 e. The van der Waals surface area contributed by atoms with Crippen LogP contribution in [-0.4, -0.2) is 27.2 Å². The SMILES string of the molecule is COc1cc2c(c(OC)c1OC)-c1ccc(SCc3ccccc3)c(=O)cc1[C@H](NC(C)=O)CC2. The van der Waals surface area contributed by atoms with Gasteiger partial charge in [-0.3, -0.25) is 9.59 Å². The zero-order valence-corrected chi connectivity index (χ0v) is 21.2. The lowest BCUT2D eigenvalue weighted by atomic mass is 9.95. The third kappa shape index (κ3) is 5.15. The van der Waals surface area contributed by atoms with Gasteiger partial charge in [0.15, 0.2) is 16.9 Å². The zero-order chi connectivity index (χ0) is 24.9. The van der Waals surface area contributed by atoms with Crippen molar-refractivity contribution in [1.82, 2.24) is 5.32 Å². The number of carbonyl (C=O) groups is 1. The average Bonchev–Trinajstić information content (AvgIpc) is 3.10. The molecule has 0 aliphatic heterocycles. The number of hydrogen-bond donors (Lipinski definition) is 1. The molecule has 1 atom stereocenters. The normalized spacial score (nSPS) is 14.2. The standard InChI is InChI=1S/C28H29NO5S/c1-17(30)29-22-12-10-19-14-24(32-2)27(33-3)28(34-4)26(19)20-11-13-25(23(31)15-21(20)22)35-16-18-8-6-5-7-9-18/h5-9,11,13-15,22H,10,12,16H2,1-4H3,(H,29,30)/t22-/m1/s1. The Labute approximate surface area is 209 Å². The molecule has 1 aliphatic carbocycles. The summed E-state index contributed by atoms with van der Waals surface area (Å²) in [5.74, 6) is 2.15. The van der Waals surface area contributed by atoms with Gasteiger partial charge in [-0.25, -0.2) is 0 Å². The van der Waals surface area contributed by atoms with Gasteiger partial charge in [0, 0.05) is 18.2 Å². The van der Waals surface area contributed by atoms with E-state index in [0.29, 0.717) is 40.7 Å². The molecular formula is C28H29NO5S. The molecule has 7 heteroatoms. The molecule has 0 fully saturated rings. The van der Waals surface area contributed by atoms with Crippen LogP contribution in [0.1, 0.15) is 36.1 Å². The minimum atomic E-state index is -0.316. The highest BCUT2D eigenvalue weighted by Gasteiger charge is 2.29. The second kappa shape index (κ2) is 10.9. The summed E-state index contributed by atoms with van der Waals surface area (Å²) in [6, 6.07) is 17.2. The molecule has 1 N–H and O–H groups in total. The first-order valence-corrected chi connectivity index (χ1v) is 12.4. The summed E-state index contributed by atoms with van der Waals surface area (Å²) < 4.78 is 17.0. The lowest BCUT2D eigenvalue weighted by Gasteiger charge is -2.19. The highest BCUT2D eigenvalue weighted by molar-refractivity contribution is 7.98.